The summed E-state index contributed by atoms with van der Waals surface area (Å²) in [4.78, 5) is 22.9. The van der Waals surface area contributed by atoms with Crippen molar-refractivity contribution in [2.45, 2.75) is 30.7 Å². The van der Waals surface area contributed by atoms with Crippen LogP contribution in [0, 0.1) is 0 Å². The van der Waals surface area contributed by atoms with E-state index in [1.54, 1.807) is 25.1 Å². The van der Waals surface area contributed by atoms with Crippen molar-refractivity contribution in [2.24, 2.45) is 0 Å². The van der Waals surface area contributed by atoms with Gasteiger partial charge < -0.3 is 10.2 Å². The number of anilines is 1. The first-order valence-corrected chi connectivity index (χ1v) is 12.4. The fourth-order valence-electron chi connectivity index (χ4n) is 3.92. The third-order valence-corrected chi connectivity index (χ3v) is 7.35. The van der Waals surface area contributed by atoms with Crippen molar-refractivity contribution in [3.8, 4) is 0 Å². The SMILES string of the molecule is [2H]c1c([2H])c([2H])c(C(=O)NC2CCN(c3ncnc4c3c(C(=C)C)cn4S(=O)(=O)c3ccccc3)C([2H])([2H])C2[2H])c([2H])c1[2H]. The van der Waals surface area contributed by atoms with Gasteiger partial charge in [-0.25, -0.2) is 22.4 Å². The van der Waals surface area contributed by atoms with Gasteiger partial charge in [-0.2, -0.15) is 0 Å². The minimum atomic E-state index is -4.11. The van der Waals surface area contributed by atoms with Gasteiger partial charge >= 0.3 is 0 Å². The molecule has 9 heteroatoms. The highest BCUT2D eigenvalue weighted by Crippen LogP contribution is 2.35. The Bertz CT molecular complexity index is 1910. The smallest absolute Gasteiger partial charge is 0.269 e. The molecule has 1 amide bonds. The van der Waals surface area contributed by atoms with E-state index in [0.29, 0.717) is 11.1 Å². The Labute approximate surface area is 221 Å². The van der Waals surface area contributed by atoms with Crippen molar-refractivity contribution in [3.63, 3.8) is 0 Å². The molecule has 1 saturated heterocycles. The first-order valence-electron chi connectivity index (χ1n) is 15.1. The van der Waals surface area contributed by atoms with Gasteiger partial charge in [-0.05, 0) is 49.5 Å². The highest BCUT2D eigenvalue weighted by Gasteiger charge is 2.28. The maximum absolute atomic E-state index is 13.6. The Morgan fingerprint density at radius 3 is 2.67 bits per heavy atom. The summed E-state index contributed by atoms with van der Waals surface area (Å²) in [5.41, 5.74) is 0.224. The summed E-state index contributed by atoms with van der Waals surface area (Å²) >= 11 is 0. The van der Waals surface area contributed by atoms with Gasteiger partial charge in [0.1, 0.15) is 12.1 Å². The topological polar surface area (TPSA) is 97.2 Å². The van der Waals surface area contributed by atoms with E-state index in [4.69, 9.17) is 11.0 Å². The molecule has 1 aliphatic rings. The average Bonchev–Trinajstić information content (AvgIpc) is 3.40. The molecule has 2 atom stereocenters. The van der Waals surface area contributed by atoms with Crippen LogP contribution in [-0.2, 0) is 10.0 Å². The summed E-state index contributed by atoms with van der Waals surface area (Å²) in [6.45, 7) is 3.07. The van der Waals surface area contributed by atoms with Crippen molar-refractivity contribution in [1.29, 1.82) is 0 Å². The van der Waals surface area contributed by atoms with E-state index in [2.05, 4.69) is 21.9 Å². The zero-order valence-corrected chi connectivity index (χ0v) is 20.1. The van der Waals surface area contributed by atoms with Crippen molar-refractivity contribution in [1.82, 2.24) is 19.3 Å². The average molecular weight is 510 g/mol. The number of nitrogens with zero attached hydrogens (tertiary/aromatic N) is 4. The third-order valence-electron chi connectivity index (χ3n) is 5.69. The number of allylic oxidation sites excluding steroid dienone is 1. The molecule has 184 valence electrons. The van der Waals surface area contributed by atoms with Gasteiger partial charge in [0.05, 0.1) is 17.1 Å². The van der Waals surface area contributed by atoms with Crippen LogP contribution in [0.15, 0.2) is 84.5 Å². The number of hydrogen-bond donors (Lipinski definition) is 1. The van der Waals surface area contributed by atoms with E-state index in [-0.39, 0.29) is 34.7 Å². The number of piperidine rings is 1. The number of carbonyl (C=O) groups is 1. The number of nitrogens with one attached hydrogen (secondary N) is 1. The van der Waals surface area contributed by atoms with Crippen LogP contribution in [0.2, 0.25) is 0 Å². The molecule has 0 saturated carbocycles. The molecule has 0 aliphatic carbocycles. The second-order valence-electron chi connectivity index (χ2n) is 8.15. The number of fused-ring (bicyclic) bond motifs is 1. The lowest BCUT2D eigenvalue weighted by Gasteiger charge is -2.33. The highest BCUT2D eigenvalue weighted by atomic mass is 32.2. The van der Waals surface area contributed by atoms with Gasteiger partial charge in [0.15, 0.2) is 5.65 Å². The molecule has 8 nitrogen and oxygen atoms in total. The highest BCUT2D eigenvalue weighted by molar-refractivity contribution is 7.90. The molecule has 2 unspecified atom stereocenters. The summed E-state index contributed by atoms with van der Waals surface area (Å²) in [5, 5.41) is 2.71. The van der Waals surface area contributed by atoms with Crippen LogP contribution in [0.3, 0.4) is 0 Å². The van der Waals surface area contributed by atoms with Crippen molar-refractivity contribution in [2.75, 3.05) is 17.9 Å². The van der Waals surface area contributed by atoms with Crippen LogP contribution >= 0.6 is 0 Å². The molecule has 2 aromatic heterocycles. The van der Waals surface area contributed by atoms with Gasteiger partial charge in [0.2, 0.25) is 0 Å². The predicted octanol–water partition coefficient (Wildman–Crippen LogP) is 4.10. The summed E-state index contributed by atoms with van der Waals surface area (Å²) in [6, 6.07) is 3.18. The first-order chi connectivity index (χ1) is 20.6. The van der Waals surface area contributed by atoms with E-state index < -0.39 is 70.6 Å². The first kappa shape index (κ1) is 15.9. The lowest BCUT2D eigenvalue weighted by molar-refractivity contribution is 0.0931. The third kappa shape index (κ3) is 4.37. The fourth-order valence-corrected chi connectivity index (χ4v) is 5.26. The molecular weight excluding hydrogens is 474 g/mol. The molecule has 0 spiro atoms. The minimum absolute atomic E-state index is 0.00852. The van der Waals surface area contributed by atoms with Crippen LogP contribution in [0.5, 0.6) is 0 Å². The molecule has 1 N–H and O–H groups in total. The second kappa shape index (κ2) is 9.58. The Morgan fingerprint density at radius 1 is 1.19 bits per heavy atom. The number of amides is 1. The van der Waals surface area contributed by atoms with Crippen LogP contribution in [-0.4, -0.2) is 47.3 Å². The van der Waals surface area contributed by atoms with Crippen molar-refractivity contribution in [3.05, 3.63) is 90.8 Å². The second-order valence-corrected chi connectivity index (χ2v) is 9.96. The molecular formula is C27H27N5O3S. The van der Waals surface area contributed by atoms with E-state index >= 15 is 0 Å². The van der Waals surface area contributed by atoms with E-state index in [9.17, 15) is 13.2 Å². The number of carbonyl (C=O) groups excluding carboxylic acids is 1. The molecule has 0 radical (unpaired) electrons. The van der Waals surface area contributed by atoms with Crippen molar-refractivity contribution < 1.29 is 24.2 Å². The maximum Gasteiger partial charge on any atom is 0.269 e. The van der Waals surface area contributed by atoms with Crippen LogP contribution in [0.4, 0.5) is 5.82 Å². The quantitative estimate of drug-likeness (QED) is 0.420. The van der Waals surface area contributed by atoms with Gasteiger partial charge in [0, 0.05) is 40.5 Å². The lowest BCUT2D eigenvalue weighted by atomic mass is 10.0. The molecule has 36 heavy (non-hydrogen) atoms. The zero-order valence-electron chi connectivity index (χ0n) is 27.2. The number of benzene rings is 2. The number of aromatic nitrogens is 3. The molecule has 3 heterocycles. The molecule has 5 rings (SSSR count). The predicted molar refractivity (Wildman–Crippen MR) is 140 cm³/mol. The Hall–Kier alpha value is -3.98. The molecule has 0 bridgehead atoms. The monoisotopic (exact) mass is 509 g/mol. The summed E-state index contributed by atoms with van der Waals surface area (Å²) in [5.74, 6) is -0.988. The van der Waals surface area contributed by atoms with Crippen LogP contribution < -0.4 is 10.2 Å². The van der Waals surface area contributed by atoms with Crippen LogP contribution in [0.1, 0.15) is 46.6 Å². The normalized spacial score (nSPS) is 22.8. The summed E-state index contributed by atoms with van der Waals surface area (Å²) < 4.78 is 94.2. The Kier molecular flexibility index (Phi) is 4.23. The van der Waals surface area contributed by atoms with E-state index in [1.165, 1.54) is 23.2 Å². The standard InChI is InChI=1S/C27H27N5O3S/c1-19(2)23-17-32(36(34,35)22-11-7-4-8-12-22)26-24(23)25(28-18-29-26)31-15-13-21(14-16-31)30-27(33)20-9-5-3-6-10-20/h3-12,17-18,21H,1,13-16H2,2H3,(H,30,33)/i3D,5D,6D,9D,10D,13D,15D2. The zero-order chi connectivity index (χ0) is 32.3. The Morgan fingerprint density at radius 2 is 1.94 bits per heavy atom. The Balaban J connectivity index is 1.53. The largest absolute Gasteiger partial charge is 0.356 e. The van der Waals surface area contributed by atoms with Gasteiger partial charge in [-0.15, -0.1) is 0 Å². The summed E-state index contributed by atoms with van der Waals surface area (Å²) in [6.07, 6.45) is 0.861. The van der Waals surface area contributed by atoms with Gasteiger partial charge in [0.25, 0.3) is 15.9 Å². The summed E-state index contributed by atoms with van der Waals surface area (Å²) in [7, 11) is -4.11. The van der Waals surface area contributed by atoms with E-state index in [1.807, 2.05) is 0 Å². The number of rotatable bonds is 6. The van der Waals surface area contributed by atoms with Gasteiger partial charge in [-0.3, -0.25) is 4.79 Å². The lowest BCUT2D eigenvalue weighted by Crippen LogP contribution is -2.45. The van der Waals surface area contributed by atoms with Crippen LogP contribution in [0.25, 0.3) is 16.6 Å². The minimum Gasteiger partial charge on any atom is -0.356 e. The molecule has 4 aromatic rings. The van der Waals surface area contributed by atoms with E-state index in [0.717, 1.165) is 10.3 Å². The molecule has 1 aliphatic heterocycles. The van der Waals surface area contributed by atoms with Crippen molar-refractivity contribution >= 4 is 38.4 Å². The van der Waals surface area contributed by atoms with Gasteiger partial charge in [-0.1, -0.05) is 42.9 Å². The number of hydrogen-bond acceptors (Lipinski definition) is 6. The maximum atomic E-state index is 13.6. The molecule has 1 fully saturated rings. The molecule has 2 aromatic carbocycles. The fraction of sp³-hybridized carbons (Fsp3) is 0.222.